The van der Waals surface area contributed by atoms with Crippen molar-refractivity contribution >= 4 is 26.7 Å². The van der Waals surface area contributed by atoms with Gasteiger partial charge in [0.2, 0.25) is 0 Å². The van der Waals surface area contributed by atoms with Gasteiger partial charge >= 0.3 is 0 Å². The minimum absolute atomic E-state index is 0.596. The van der Waals surface area contributed by atoms with Crippen LogP contribution in [-0.2, 0) is 0 Å². The summed E-state index contributed by atoms with van der Waals surface area (Å²) in [6.45, 7) is 4.39. The molecule has 0 saturated heterocycles. The van der Waals surface area contributed by atoms with Crippen molar-refractivity contribution in [3.63, 3.8) is 0 Å². The van der Waals surface area contributed by atoms with Gasteiger partial charge < -0.3 is 5.32 Å². The van der Waals surface area contributed by atoms with Crippen molar-refractivity contribution in [3.8, 4) is 0 Å². The van der Waals surface area contributed by atoms with E-state index in [2.05, 4.69) is 37.4 Å². The van der Waals surface area contributed by atoms with Crippen LogP contribution in [0.3, 0.4) is 0 Å². The molecule has 1 fully saturated rings. The molecule has 2 nitrogen and oxygen atoms in total. The summed E-state index contributed by atoms with van der Waals surface area (Å²) in [6.07, 6.45) is 5.35. The number of aromatic nitrogens is 1. The lowest BCUT2D eigenvalue weighted by atomic mass is 10.1. The number of nitrogens with zero attached hydrogens (tertiary/aromatic N) is 1. The van der Waals surface area contributed by atoms with Crippen molar-refractivity contribution in [1.29, 1.82) is 0 Å². The Balaban J connectivity index is 1.78. The first-order valence-corrected chi connectivity index (χ1v) is 7.70. The number of thiazole rings is 1. The van der Waals surface area contributed by atoms with Crippen LogP contribution < -0.4 is 5.32 Å². The third-order valence-electron chi connectivity index (χ3n) is 3.76. The van der Waals surface area contributed by atoms with E-state index in [0.29, 0.717) is 6.04 Å². The van der Waals surface area contributed by atoms with E-state index in [1.165, 1.54) is 35.9 Å². The van der Waals surface area contributed by atoms with Crippen LogP contribution in [0.4, 0.5) is 5.13 Å². The summed E-state index contributed by atoms with van der Waals surface area (Å²) >= 11 is 1.78. The predicted molar refractivity (Wildman–Crippen MR) is 79.4 cm³/mol. The highest BCUT2D eigenvalue weighted by Crippen LogP contribution is 2.35. The fourth-order valence-corrected chi connectivity index (χ4v) is 3.43. The molecule has 1 aliphatic carbocycles. The number of para-hydroxylation sites is 1. The van der Waals surface area contributed by atoms with E-state index in [4.69, 9.17) is 4.98 Å². The Hall–Kier alpha value is -1.09. The number of fused-ring (bicyclic) bond motifs is 1. The quantitative estimate of drug-likeness (QED) is 0.850. The van der Waals surface area contributed by atoms with E-state index < -0.39 is 0 Å². The second kappa shape index (κ2) is 4.88. The molecular weight excluding hydrogens is 240 g/mol. The molecule has 1 atom stereocenters. The van der Waals surface area contributed by atoms with Gasteiger partial charge in [0.1, 0.15) is 0 Å². The summed E-state index contributed by atoms with van der Waals surface area (Å²) in [6, 6.07) is 7.00. The lowest BCUT2D eigenvalue weighted by molar-refractivity contribution is 0.587. The summed E-state index contributed by atoms with van der Waals surface area (Å²) in [5, 5.41) is 4.71. The van der Waals surface area contributed by atoms with Gasteiger partial charge in [-0.1, -0.05) is 43.2 Å². The Morgan fingerprint density at radius 2 is 2.28 bits per heavy atom. The number of benzene rings is 1. The van der Waals surface area contributed by atoms with E-state index >= 15 is 0 Å². The zero-order valence-corrected chi connectivity index (χ0v) is 11.9. The number of nitrogens with one attached hydrogen (secondary N) is 1. The van der Waals surface area contributed by atoms with E-state index in [-0.39, 0.29) is 0 Å². The normalized spacial score (nSPS) is 17.0. The summed E-state index contributed by atoms with van der Waals surface area (Å²) in [5.74, 6) is 0.971. The summed E-state index contributed by atoms with van der Waals surface area (Å²) in [7, 11) is 0. The van der Waals surface area contributed by atoms with Crippen molar-refractivity contribution in [2.45, 2.75) is 45.6 Å². The lowest BCUT2D eigenvalue weighted by Gasteiger charge is -2.15. The Bertz CT molecular complexity index is 542. The molecule has 3 heteroatoms. The van der Waals surface area contributed by atoms with Crippen molar-refractivity contribution in [2.24, 2.45) is 5.92 Å². The van der Waals surface area contributed by atoms with Gasteiger partial charge in [-0.25, -0.2) is 4.98 Å². The first-order valence-electron chi connectivity index (χ1n) is 6.89. The number of rotatable bonds is 5. The molecule has 1 aromatic heterocycles. The molecule has 3 rings (SSSR count). The van der Waals surface area contributed by atoms with Gasteiger partial charge in [0.15, 0.2) is 5.13 Å². The second-order valence-electron chi connectivity index (χ2n) is 5.37. The fraction of sp³-hybridized carbons (Fsp3) is 0.533. The second-order valence-corrected chi connectivity index (χ2v) is 6.40. The topological polar surface area (TPSA) is 24.9 Å². The van der Waals surface area contributed by atoms with E-state index in [9.17, 15) is 0 Å². The monoisotopic (exact) mass is 260 g/mol. The van der Waals surface area contributed by atoms with Gasteiger partial charge in [-0.05, 0) is 37.3 Å². The highest BCUT2D eigenvalue weighted by Gasteiger charge is 2.25. The van der Waals surface area contributed by atoms with Crippen LogP contribution >= 0.6 is 11.3 Å². The third kappa shape index (κ3) is 2.51. The molecule has 1 aromatic carbocycles. The number of hydrogen-bond donors (Lipinski definition) is 1. The Morgan fingerprint density at radius 3 is 2.94 bits per heavy atom. The number of hydrogen-bond acceptors (Lipinski definition) is 3. The predicted octanol–water partition coefficient (Wildman–Crippen LogP) is 4.60. The maximum absolute atomic E-state index is 4.74. The fourth-order valence-electron chi connectivity index (χ4n) is 2.41. The number of anilines is 1. The molecule has 0 bridgehead atoms. The van der Waals surface area contributed by atoms with Crippen LogP contribution in [-0.4, -0.2) is 11.0 Å². The lowest BCUT2D eigenvalue weighted by Crippen LogP contribution is -2.18. The first kappa shape index (κ1) is 12.0. The molecule has 18 heavy (non-hydrogen) atoms. The molecule has 0 radical (unpaired) electrons. The van der Waals surface area contributed by atoms with Crippen LogP contribution in [0.1, 0.15) is 38.2 Å². The SMILES string of the molecule is CCC(CC1CC1)Nc1nc2c(C)cccc2s1. The molecule has 1 heterocycles. The van der Waals surface area contributed by atoms with E-state index in [0.717, 1.165) is 16.6 Å². The molecule has 0 amide bonds. The van der Waals surface area contributed by atoms with Gasteiger partial charge in [0.05, 0.1) is 10.2 Å². The van der Waals surface area contributed by atoms with Crippen molar-refractivity contribution in [2.75, 3.05) is 5.32 Å². The summed E-state index contributed by atoms with van der Waals surface area (Å²) in [5.41, 5.74) is 2.43. The largest absolute Gasteiger partial charge is 0.359 e. The van der Waals surface area contributed by atoms with Crippen LogP contribution in [0.2, 0.25) is 0 Å². The highest BCUT2D eigenvalue weighted by atomic mass is 32.1. The summed E-state index contributed by atoms with van der Waals surface area (Å²) in [4.78, 5) is 4.74. The summed E-state index contributed by atoms with van der Waals surface area (Å²) < 4.78 is 1.29. The Morgan fingerprint density at radius 1 is 1.44 bits per heavy atom. The Labute approximate surface area is 112 Å². The molecular formula is C15H20N2S. The Kier molecular flexibility index (Phi) is 3.25. The van der Waals surface area contributed by atoms with Crippen LogP contribution in [0.15, 0.2) is 18.2 Å². The molecule has 0 aliphatic heterocycles. The van der Waals surface area contributed by atoms with Crippen LogP contribution in [0, 0.1) is 12.8 Å². The minimum atomic E-state index is 0.596. The van der Waals surface area contributed by atoms with Crippen LogP contribution in [0.25, 0.3) is 10.2 Å². The zero-order valence-electron chi connectivity index (χ0n) is 11.1. The smallest absolute Gasteiger partial charge is 0.184 e. The first-order chi connectivity index (χ1) is 8.76. The molecule has 0 spiro atoms. The van der Waals surface area contributed by atoms with Gasteiger partial charge in [-0.2, -0.15) is 0 Å². The molecule has 1 saturated carbocycles. The van der Waals surface area contributed by atoms with Crippen molar-refractivity contribution in [1.82, 2.24) is 4.98 Å². The maximum atomic E-state index is 4.74. The average Bonchev–Trinajstić information content (AvgIpc) is 3.07. The molecule has 1 unspecified atom stereocenters. The number of aryl methyl sites for hydroxylation is 1. The van der Waals surface area contributed by atoms with Crippen molar-refractivity contribution in [3.05, 3.63) is 23.8 Å². The highest BCUT2D eigenvalue weighted by molar-refractivity contribution is 7.22. The standard InChI is InChI=1S/C15H20N2S/c1-3-12(9-11-7-8-11)16-15-17-14-10(2)5-4-6-13(14)18-15/h4-6,11-12H,3,7-9H2,1-2H3,(H,16,17). The van der Waals surface area contributed by atoms with Crippen molar-refractivity contribution < 1.29 is 0 Å². The molecule has 96 valence electrons. The van der Waals surface area contributed by atoms with Gasteiger partial charge in [-0.3, -0.25) is 0 Å². The van der Waals surface area contributed by atoms with E-state index in [1.54, 1.807) is 11.3 Å². The maximum Gasteiger partial charge on any atom is 0.184 e. The molecule has 1 N–H and O–H groups in total. The molecule has 1 aliphatic rings. The zero-order chi connectivity index (χ0) is 12.5. The average molecular weight is 260 g/mol. The van der Waals surface area contributed by atoms with Gasteiger partial charge in [-0.15, -0.1) is 0 Å². The molecule has 2 aromatic rings. The van der Waals surface area contributed by atoms with Crippen LogP contribution in [0.5, 0.6) is 0 Å². The third-order valence-corrected chi connectivity index (χ3v) is 4.71. The van der Waals surface area contributed by atoms with E-state index in [1.807, 2.05) is 0 Å². The van der Waals surface area contributed by atoms with Gasteiger partial charge in [0.25, 0.3) is 0 Å². The minimum Gasteiger partial charge on any atom is -0.359 e. The van der Waals surface area contributed by atoms with Gasteiger partial charge in [0, 0.05) is 6.04 Å².